The molecule has 1 saturated heterocycles. The zero-order chi connectivity index (χ0) is 23.8. The molecule has 0 aliphatic carbocycles. The molecule has 0 bridgehead atoms. The SMILES string of the molecule is COc1ccc(C2=C[C@@H]3c4cccc(OC)c4OC4(CC[NH+](Cc5ccccc5)CC4)N3N2)cc1. The fourth-order valence-corrected chi connectivity index (χ4v) is 5.66. The summed E-state index contributed by atoms with van der Waals surface area (Å²) in [5.41, 5.74) is 8.03. The topological polar surface area (TPSA) is 47.4 Å². The highest BCUT2D eigenvalue weighted by molar-refractivity contribution is 5.68. The Morgan fingerprint density at radius 3 is 2.43 bits per heavy atom. The number of nitrogens with zero attached hydrogens (tertiary/aromatic N) is 1. The van der Waals surface area contributed by atoms with Crippen LogP contribution in [0.2, 0.25) is 0 Å². The largest absolute Gasteiger partial charge is 0.497 e. The molecule has 35 heavy (non-hydrogen) atoms. The van der Waals surface area contributed by atoms with E-state index in [-0.39, 0.29) is 6.04 Å². The summed E-state index contributed by atoms with van der Waals surface area (Å²) in [4.78, 5) is 1.59. The Bertz CT molecular complexity index is 1220. The van der Waals surface area contributed by atoms with Crippen molar-refractivity contribution in [1.29, 1.82) is 0 Å². The minimum absolute atomic E-state index is 0.0709. The smallest absolute Gasteiger partial charge is 0.191 e. The fraction of sp³-hybridized carbons (Fsp3) is 0.310. The summed E-state index contributed by atoms with van der Waals surface area (Å²) in [5.74, 6) is 2.53. The minimum Gasteiger partial charge on any atom is -0.497 e. The number of rotatable bonds is 5. The number of methoxy groups -OCH3 is 2. The molecule has 180 valence electrons. The molecule has 0 amide bonds. The highest BCUT2D eigenvalue weighted by Gasteiger charge is 2.53. The molecule has 3 aliphatic heterocycles. The number of para-hydroxylation sites is 1. The molecule has 1 atom stereocenters. The molecule has 0 radical (unpaired) electrons. The molecule has 1 spiro atoms. The molecule has 0 unspecified atom stereocenters. The summed E-state index contributed by atoms with van der Waals surface area (Å²) in [6.45, 7) is 3.13. The van der Waals surface area contributed by atoms with Crippen molar-refractivity contribution in [3.8, 4) is 17.2 Å². The lowest BCUT2D eigenvalue weighted by molar-refractivity contribution is -0.921. The van der Waals surface area contributed by atoms with E-state index in [0.717, 1.165) is 66.5 Å². The summed E-state index contributed by atoms with van der Waals surface area (Å²) in [6.07, 6.45) is 4.17. The molecule has 6 rings (SSSR count). The van der Waals surface area contributed by atoms with Crippen molar-refractivity contribution in [1.82, 2.24) is 10.4 Å². The van der Waals surface area contributed by atoms with E-state index >= 15 is 0 Å². The van der Waals surface area contributed by atoms with Crippen LogP contribution in [0.25, 0.3) is 5.70 Å². The Morgan fingerprint density at radius 1 is 0.943 bits per heavy atom. The van der Waals surface area contributed by atoms with E-state index in [9.17, 15) is 0 Å². The molecule has 3 aromatic carbocycles. The second kappa shape index (κ2) is 8.95. The van der Waals surface area contributed by atoms with Gasteiger partial charge in [-0.15, -0.1) is 0 Å². The van der Waals surface area contributed by atoms with Gasteiger partial charge >= 0.3 is 0 Å². The maximum absolute atomic E-state index is 6.89. The van der Waals surface area contributed by atoms with Crippen molar-refractivity contribution in [3.05, 3.63) is 95.6 Å². The van der Waals surface area contributed by atoms with Crippen molar-refractivity contribution in [2.45, 2.75) is 31.2 Å². The van der Waals surface area contributed by atoms with Gasteiger partial charge in [-0.25, -0.2) is 0 Å². The van der Waals surface area contributed by atoms with Crippen LogP contribution in [-0.2, 0) is 6.54 Å². The van der Waals surface area contributed by atoms with E-state index in [1.807, 2.05) is 24.3 Å². The quantitative estimate of drug-likeness (QED) is 0.597. The van der Waals surface area contributed by atoms with E-state index in [0.29, 0.717) is 0 Å². The monoisotopic (exact) mass is 470 g/mol. The van der Waals surface area contributed by atoms with Gasteiger partial charge in [-0.2, -0.15) is 5.01 Å². The summed E-state index contributed by atoms with van der Waals surface area (Å²) in [5, 5.41) is 2.34. The number of ether oxygens (including phenoxy) is 3. The number of hydrazine groups is 1. The Kier molecular flexibility index (Phi) is 5.63. The first-order chi connectivity index (χ1) is 17.2. The lowest BCUT2D eigenvalue weighted by Gasteiger charge is -2.50. The third kappa shape index (κ3) is 3.93. The number of benzene rings is 3. The van der Waals surface area contributed by atoms with Crippen molar-refractivity contribution >= 4 is 5.70 Å². The highest BCUT2D eigenvalue weighted by atomic mass is 16.5. The molecule has 6 nitrogen and oxygen atoms in total. The van der Waals surface area contributed by atoms with Gasteiger partial charge in [0.1, 0.15) is 12.3 Å². The Labute approximate surface area is 206 Å². The standard InChI is InChI=1S/C29H31N3O3/c1-33-23-13-11-22(12-14-23)25-19-26-24-9-6-10-27(34-2)28(24)35-29(32(26)30-25)15-17-31(18-16-29)20-21-7-4-3-5-8-21/h3-14,19,26,30H,15-18,20H2,1-2H3/p+1/t26-/m1/s1. The van der Waals surface area contributed by atoms with Crippen LogP contribution >= 0.6 is 0 Å². The van der Waals surface area contributed by atoms with E-state index in [4.69, 9.17) is 14.2 Å². The first kappa shape index (κ1) is 22.0. The molecule has 0 aromatic heterocycles. The number of quaternary nitrogens is 1. The van der Waals surface area contributed by atoms with Crippen molar-refractivity contribution in [2.75, 3.05) is 27.3 Å². The lowest BCUT2D eigenvalue weighted by Crippen LogP contribution is -3.12. The number of fused-ring (bicyclic) bond motifs is 4. The summed E-state index contributed by atoms with van der Waals surface area (Å²) >= 11 is 0. The van der Waals surface area contributed by atoms with Gasteiger partial charge in [0.05, 0.1) is 51.9 Å². The van der Waals surface area contributed by atoms with E-state index in [1.54, 1.807) is 19.1 Å². The van der Waals surface area contributed by atoms with Crippen LogP contribution in [0, 0.1) is 0 Å². The Morgan fingerprint density at radius 2 is 1.71 bits per heavy atom. The summed E-state index contributed by atoms with van der Waals surface area (Å²) < 4.78 is 18.0. The van der Waals surface area contributed by atoms with Crippen LogP contribution in [-0.4, -0.2) is 38.0 Å². The van der Waals surface area contributed by atoms with E-state index < -0.39 is 5.72 Å². The van der Waals surface area contributed by atoms with Gasteiger partial charge in [0, 0.05) is 11.1 Å². The zero-order valence-corrected chi connectivity index (χ0v) is 20.3. The first-order valence-electron chi connectivity index (χ1n) is 12.3. The maximum atomic E-state index is 6.89. The molecular weight excluding hydrogens is 438 g/mol. The predicted molar refractivity (Wildman–Crippen MR) is 135 cm³/mol. The maximum Gasteiger partial charge on any atom is 0.191 e. The summed E-state index contributed by atoms with van der Waals surface area (Å²) in [6, 6.07) is 25.2. The normalized spacial score (nSPS) is 25.1. The van der Waals surface area contributed by atoms with Gasteiger partial charge in [0.25, 0.3) is 0 Å². The van der Waals surface area contributed by atoms with Gasteiger partial charge in [-0.05, 0) is 42.0 Å². The number of nitrogens with one attached hydrogen (secondary N) is 2. The second-order valence-electron chi connectivity index (χ2n) is 9.57. The van der Waals surface area contributed by atoms with Crippen LogP contribution in [0.5, 0.6) is 17.2 Å². The number of hydrogen-bond acceptors (Lipinski definition) is 5. The van der Waals surface area contributed by atoms with Gasteiger partial charge in [-0.1, -0.05) is 42.5 Å². The zero-order valence-electron chi connectivity index (χ0n) is 20.3. The Balaban J connectivity index is 1.31. The molecule has 2 N–H and O–H groups in total. The molecule has 0 saturated carbocycles. The van der Waals surface area contributed by atoms with Crippen LogP contribution in [0.3, 0.4) is 0 Å². The number of likely N-dealkylation sites (tertiary alicyclic amines) is 1. The summed E-state index contributed by atoms with van der Waals surface area (Å²) in [7, 11) is 3.41. The fourth-order valence-electron chi connectivity index (χ4n) is 5.66. The van der Waals surface area contributed by atoms with Crippen LogP contribution in [0.4, 0.5) is 0 Å². The highest BCUT2D eigenvalue weighted by Crippen LogP contribution is 2.50. The van der Waals surface area contributed by atoms with Crippen molar-refractivity contribution in [3.63, 3.8) is 0 Å². The predicted octanol–water partition coefficient (Wildman–Crippen LogP) is 3.57. The minimum atomic E-state index is -0.433. The molecule has 6 heteroatoms. The molecule has 3 heterocycles. The van der Waals surface area contributed by atoms with E-state index in [2.05, 4.69) is 65.0 Å². The van der Waals surface area contributed by atoms with Gasteiger partial charge < -0.3 is 24.5 Å². The van der Waals surface area contributed by atoms with Crippen molar-refractivity contribution in [2.24, 2.45) is 0 Å². The lowest BCUT2D eigenvalue weighted by atomic mass is 9.92. The second-order valence-corrected chi connectivity index (χ2v) is 9.57. The van der Waals surface area contributed by atoms with Gasteiger partial charge in [-0.3, -0.25) is 0 Å². The van der Waals surface area contributed by atoms with Crippen LogP contribution < -0.4 is 24.5 Å². The van der Waals surface area contributed by atoms with E-state index in [1.165, 1.54) is 5.56 Å². The average Bonchev–Trinajstić information content (AvgIpc) is 3.37. The average molecular weight is 471 g/mol. The molecular formula is C29H32N3O3+. The van der Waals surface area contributed by atoms with Crippen LogP contribution in [0.15, 0.2) is 78.9 Å². The van der Waals surface area contributed by atoms with Crippen molar-refractivity contribution < 1.29 is 19.1 Å². The third-order valence-electron chi connectivity index (χ3n) is 7.56. The van der Waals surface area contributed by atoms with Gasteiger partial charge in [0.15, 0.2) is 17.2 Å². The Hall–Kier alpha value is -3.48. The third-order valence-corrected chi connectivity index (χ3v) is 7.56. The molecule has 3 aliphatic rings. The number of piperidine rings is 1. The first-order valence-corrected chi connectivity index (χ1v) is 12.3. The van der Waals surface area contributed by atoms with Gasteiger partial charge in [0.2, 0.25) is 0 Å². The van der Waals surface area contributed by atoms with Crippen LogP contribution in [0.1, 0.15) is 35.6 Å². The number of hydrogen-bond donors (Lipinski definition) is 2. The molecule has 1 fully saturated rings. The molecule has 3 aromatic rings.